The van der Waals surface area contributed by atoms with Crippen molar-refractivity contribution in [1.82, 2.24) is 20.9 Å². The molecule has 1 heterocycles. The van der Waals surface area contributed by atoms with E-state index in [1.54, 1.807) is 0 Å². The van der Waals surface area contributed by atoms with Crippen LogP contribution in [0.3, 0.4) is 0 Å². The van der Waals surface area contributed by atoms with Crippen molar-refractivity contribution in [3.63, 3.8) is 0 Å². The van der Waals surface area contributed by atoms with Crippen molar-refractivity contribution in [1.29, 1.82) is 0 Å². The monoisotopic (exact) mass is 467 g/mol. The minimum absolute atomic E-state index is 0. The van der Waals surface area contributed by atoms with E-state index in [0.717, 1.165) is 38.4 Å². The average molecular weight is 467 g/mol. The fourth-order valence-electron chi connectivity index (χ4n) is 2.36. The number of nitrogens with one attached hydrogen (secondary N) is 3. The minimum atomic E-state index is -0.369. The van der Waals surface area contributed by atoms with Crippen molar-refractivity contribution in [2.24, 2.45) is 10.4 Å². The Bertz CT molecular complexity index is 449. The predicted octanol–water partition coefficient (Wildman–Crippen LogP) is 1.33. The van der Waals surface area contributed by atoms with Crippen LogP contribution in [0.15, 0.2) is 4.99 Å². The lowest BCUT2D eigenvalue weighted by atomic mass is 9.96. The number of halogens is 1. The predicted molar refractivity (Wildman–Crippen MR) is 112 cm³/mol. The number of amides is 2. The first kappa shape index (κ1) is 23.9. The second-order valence-corrected chi connectivity index (χ2v) is 7.03. The largest absolute Gasteiger partial charge is 0.357 e. The van der Waals surface area contributed by atoms with Gasteiger partial charge in [0.25, 0.3) is 0 Å². The lowest BCUT2D eigenvalue weighted by Crippen LogP contribution is -2.43. The van der Waals surface area contributed by atoms with Gasteiger partial charge in [-0.3, -0.25) is 14.6 Å². The van der Waals surface area contributed by atoms with Crippen LogP contribution in [-0.4, -0.2) is 61.9 Å². The summed E-state index contributed by atoms with van der Waals surface area (Å²) in [4.78, 5) is 29.7. The summed E-state index contributed by atoms with van der Waals surface area (Å²) in [5, 5.41) is 9.29. The Kier molecular flexibility index (Phi) is 11.8. The van der Waals surface area contributed by atoms with E-state index in [9.17, 15) is 9.59 Å². The van der Waals surface area contributed by atoms with E-state index in [1.807, 2.05) is 32.6 Å². The number of likely N-dealkylation sites (tertiary alicyclic amines) is 1. The Hall–Kier alpha value is -1.06. The van der Waals surface area contributed by atoms with Gasteiger partial charge in [0, 0.05) is 51.1 Å². The van der Waals surface area contributed by atoms with E-state index in [2.05, 4.69) is 20.9 Å². The zero-order valence-corrected chi connectivity index (χ0v) is 18.3. The van der Waals surface area contributed by atoms with Gasteiger partial charge in [-0.2, -0.15) is 0 Å². The molecule has 0 saturated carbocycles. The van der Waals surface area contributed by atoms with Gasteiger partial charge in [0.1, 0.15) is 0 Å². The molecule has 1 aliphatic heterocycles. The van der Waals surface area contributed by atoms with Gasteiger partial charge >= 0.3 is 0 Å². The van der Waals surface area contributed by atoms with Crippen LogP contribution in [0.25, 0.3) is 0 Å². The average Bonchev–Trinajstić information content (AvgIpc) is 2.91. The molecule has 0 spiro atoms. The van der Waals surface area contributed by atoms with E-state index in [0.29, 0.717) is 26.1 Å². The maximum absolute atomic E-state index is 11.8. The molecule has 0 aromatic carbocycles. The molecule has 1 saturated heterocycles. The summed E-state index contributed by atoms with van der Waals surface area (Å²) in [7, 11) is 0. The molecule has 3 N–H and O–H groups in total. The number of rotatable bonds is 8. The zero-order valence-electron chi connectivity index (χ0n) is 16.0. The molecule has 0 atom stereocenters. The molecule has 0 aromatic heterocycles. The molecule has 2 amide bonds. The van der Waals surface area contributed by atoms with Crippen molar-refractivity contribution < 1.29 is 9.59 Å². The number of hydrogen-bond acceptors (Lipinski definition) is 3. The van der Waals surface area contributed by atoms with Crippen LogP contribution in [0.4, 0.5) is 0 Å². The quantitative estimate of drug-likeness (QED) is 0.218. The summed E-state index contributed by atoms with van der Waals surface area (Å²) in [5.41, 5.74) is -0.369. The minimum Gasteiger partial charge on any atom is -0.357 e. The molecular formula is C17H34IN5O2. The molecule has 0 aromatic rings. The fourth-order valence-corrected chi connectivity index (χ4v) is 2.36. The topological polar surface area (TPSA) is 85.8 Å². The van der Waals surface area contributed by atoms with Gasteiger partial charge < -0.3 is 20.9 Å². The third kappa shape index (κ3) is 9.86. The lowest BCUT2D eigenvalue weighted by molar-refractivity contribution is -0.128. The first-order chi connectivity index (χ1) is 11.3. The second kappa shape index (κ2) is 12.3. The standard InChI is InChI=1S/C17H33N5O2.HI/c1-5-18-16(21-11-10-19-15(24)17(2,3)4)20-9-7-13-22-12-6-8-14(22)23;/h5-13H2,1-4H3,(H,19,24)(H2,18,20,21);1H. The van der Waals surface area contributed by atoms with Crippen LogP contribution in [0, 0.1) is 5.41 Å². The third-order valence-corrected chi connectivity index (χ3v) is 3.76. The molecule has 25 heavy (non-hydrogen) atoms. The Labute approximate surface area is 168 Å². The number of aliphatic imine (C=N–C) groups is 1. The third-order valence-electron chi connectivity index (χ3n) is 3.76. The van der Waals surface area contributed by atoms with E-state index in [1.165, 1.54) is 0 Å². The van der Waals surface area contributed by atoms with Gasteiger partial charge in [-0.15, -0.1) is 24.0 Å². The van der Waals surface area contributed by atoms with Crippen molar-refractivity contribution in [2.45, 2.75) is 47.0 Å². The molecule has 1 aliphatic rings. The van der Waals surface area contributed by atoms with E-state index in [-0.39, 0.29) is 41.2 Å². The van der Waals surface area contributed by atoms with Gasteiger partial charge in [0.05, 0.1) is 0 Å². The van der Waals surface area contributed by atoms with Crippen LogP contribution < -0.4 is 16.0 Å². The fraction of sp³-hybridized carbons (Fsp3) is 0.824. The van der Waals surface area contributed by atoms with Crippen molar-refractivity contribution >= 4 is 41.8 Å². The van der Waals surface area contributed by atoms with Gasteiger partial charge in [-0.1, -0.05) is 20.8 Å². The van der Waals surface area contributed by atoms with E-state index >= 15 is 0 Å². The first-order valence-corrected chi connectivity index (χ1v) is 8.93. The van der Waals surface area contributed by atoms with Crippen LogP contribution in [0.2, 0.25) is 0 Å². The van der Waals surface area contributed by atoms with Crippen molar-refractivity contribution in [3.05, 3.63) is 0 Å². The van der Waals surface area contributed by atoms with E-state index < -0.39 is 0 Å². The maximum atomic E-state index is 11.8. The Morgan fingerprint density at radius 1 is 1.20 bits per heavy atom. The molecular weight excluding hydrogens is 433 g/mol. The van der Waals surface area contributed by atoms with Crippen LogP contribution in [0.1, 0.15) is 47.0 Å². The highest BCUT2D eigenvalue weighted by Crippen LogP contribution is 2.11. The van der Waals surface area contributed by atoms with Gasteiger partial charge in [-0.05, 0) is 19.8 Å². The molecule has 146 valence electrons. The van der Waals surface area contributed by atoms with Crippen molar-refractivity contribution in [2.75, 3.05) is 39.3 Å². The summed E-state index contributed by atoms with van der Waals surface area (Å²) < 4.78 is 0. The van der Waals surface area contributed by atoms with Crippen LogP contribution in [0.5, 0.6) is 0 Å². The highest BCUT2D eigenvalue weighted by molar-refractivity contribution is 14.0. The lowest BCUT2D eigenvalue weighted by Gasteiger charge is -2.18. The highest BCUT2D eigenvalue weighted by atomic mass is 127. The molecule has 1 rings (SSSR count). The summed E-state index contributed by atoms with van der Waals surface area (Å²) in [6, 6.07) is 0. The molecule has 0 bridgehead atoms. The van der Waals surface area contributed by atoms with Gasteiger partial charge in [0.15, 0.2) is 5.96 Å². The molecule has 0 unspecified atom stereocenters. The number of nitrogens with zero attached hydrogens (tertiary/aromatic N) is 2. The Morgan fingerprint density at radius 2 is 1.88 bits per heavy atom. The summed E-state index contributed by atoms with van der Waals surface area (Å²) in [5.74, 6) is 1.05. The number of carbonyl (C=O) groups is 2. The molecule has 0 aliphatic carbocycles. The number of guanidine groups is 1. The molecule has 8 heteroatoms. The zero-order chi connectivity index (χ0) is 18.0. The normalized spacial score (nSPS) is 15.0. The first-order valence-electron chi connectivity index (χ1n) is 8.93. The number of hydrogen-bond donors (Lipinski definition) is 3. The van der Waals surface area contributed by atoms with Gasteiger partial charge in [-0.25, -0.2) is 0 Å². The Morgan fingerprint density at radius 3 is 2.44 bits per heavy atom. The summed E-state index contributed by atoms with van der Waals surface area (Å²) in [6.07, 6.45) is 2.53. The highest BCUT2D eigenvalue weighted by Gasteiger charge is 2.20. The van der Waals surface area contributed by atoms with Crippen LogP contribution >= 0.6 is 24.0 Å². The molecule has 0 radical (unpaired) electrons. The maximum Gasteiger partial charge on any atom is 0.225 e. The Balaban J connectivity index is 0.00000576. The molecule has 7 nitrogen and oxygen atoms in total. The summed E-state index contributed by atoms with van der Waals surface area (Å²) in [6.45, 7) is 12.0. The van der Waals surface area contributed by atoms with Crippen LogP contribution in [-0.2, 0) is 9.59 Å². The number of carbonyl (C=O) groups excluding carboxylic acids is 2. The van der Waals surface area contributed by atoms with Crippen molar-refractivity contribution in [3.8, 4) is 0 Å². The summed E-state index contributed by atoms with van der Waals surface area (Å²) >= 11 is 0. The van der Waals surface area contributed by atoms with E-state index in [4.69, 9.17) is 0 Å². The molecule has 1 fully saturated rings. The SMILES string of the molecule is CCNC(=NCCCN1CCCC1=O)NCCNC(=O)C(C)(C)C.I. The van der Waals surface area contributed by atoms with Gasteiger partial charge in [0.2, 0.25) is 11.8 Å². The smallest absolute Gasteiger partial charge is 0.225 e. The second-order valence-electron chi connectivity index (χ2n) is 7.03.